The van der Waals surface area contributed by atoms with Gasteiger partial charge in [0.2, 0.25) is 5.91 Å². The van der Waals surface area contributed by atoms with Crippen molar-refractivity contribution >= 4 is 39.9 Å². The number of para-hydroxylation sites is 1. The molecule has 1 amide bonds. The molecule has 0 fully saturated rings. The number of aromatic nitrogens is 3. The number of carbonyl (C=O) groups excluding carboxylic acids is 1. The maximum Gasteiger partial charge on any atom is 0.237 e. The summed E-state index contributed by atoms with van der Waals surface area (Å²) in [4.78, 5) is 15.0. The van der Waals surface area contributed by atoms with Crippen LogP contribution in [-0.2, 0) is 11.2 Å². The van der Waals surface area contributed by atoms with Crippen LogP contribution < -0.4 is 9.64 Å². The van der Waals surface area contributed by atoms with Crippen LogP contribution in [0.25, 0.3) is 16.6 Å². The van der Waals surface area contributed by atoms with Gasteiger partial charge in [0, 0.05) is 18.3 Å². The monoisotopic (exact) mass is 418 g/mol. The summed E-state index contributed by atoms with van der Waals surface area (Å²) in [6, 6.07) is 16.2. The summed E-state index contributed by atoms with van der Waals surface area (Å²) in [6.45, 7) is 2.79. The van der Waals surface area contributed by atoms with Crippen molar-refractivity contribution in [1.29, 1.82) is 0 Å². The highest BCUT2D eigenvalue weighted by Gasteiger charge is 2.23. The molecule has 0 spiro atoms. The Morgan fingerprint density at radius 2 is 2.03 bits per heavy atom. The van der Waals surface area contributed by atoms with Gasteiger partial charge in [0.05, 0.1) is 18.4 Å². The third-order valence-corrected chi connectivity index (χ3v) is 6.49. The minimum atomic E-state index is 0.0958. The lowest BCUT2D eigenvalue weighted by Gasteiger charge is -2.29. The van der Waals surface area contributed by atoms with Gasteiger partial charge in [-0.25, -0.2) is 0 Å². The Hall–Kier alpha value is -3.06. The fourth-order valence-corrected chi connectivity index (χ4v) is 4.92. The van der Waals surface area contributed by atoms with Crippen LogP contribution in [0.4, 0.5) is 5.69 Å². The van der Waals surface area contributed by atoms with Gasteiger partial charge in [-0.2, -0.15) is 0 Å². The van der Waals surface area contributed by atoms with Crippen molar-refractivity contribution in [2.45, 2.75) is 24.9 Å². The Morgan fingerprint density at radius 3 is 2.90 bits per heavy atom. The standard InChI is InChI=1S/C23H22N4O2S/c1-15-12-17-9-10-18(29-2)13-20(17)27-22(15)24-25-23(27)30-14-21(28)26-11-5-7-16-6-3-4-8-19(16)26/h3-4,6,8-10,12-13H,5,7,11,14H2,1-2H3. The van der Waals surface area contributed by atoms with Crippen molar-refractivity contribution < 1.29 is 9.53 Å². The molecule has 0 atom stereocenters. The molecule has 0 saturated heterocycles. The smallest absolute Gasteiger partial charge is 0.237 e. The second-order valence-electron chi connectivity index (χ2n) is 7.46. The predicted molar refractivity (Wildman–Crippen MR) is 120 cm³/mol. The number of carbonyl (C=O) groups is 1. The number of thioether (sulfide) groups is 1. The SMILES string of the molecule is COc1ccc2cc(C)c3nnc(SCC(=O)N4CCCc5ccccc54)n3c2c1. The molecule has 2 aromatic carbocycles. The summed E-state index contributed by atoms with van der Waals surface area (Å²) < 4.78 is 7.43. The number of amides is 1. The van der Waals surface area contributed by atoms with E-state index in [9.17, 15) is 4.79 Å². The molecule has 30 heavy (non-hydrogen) atoms. The van der Waals surface area contributed by atoms with E-state index in [1.165, 1.54) is 17.3 Å². The average Bonchev–Trinajstić information content (AvgIpc) is 3.22. The first kappa shape index (κ1) is 18.9. The number of benzene rings is 2. The highest BCUT2D eigenvalue weighted by molar-refractivity contribution is 7.99. The third-order valence-electron chi connectivity index (χ3n) is 5.57. The first-order chi connectivity index (χ1) is 14.7. The molecular formula is C23H22N4O2S. The summed E-state index contributed by atoms with van der Waals surface area (Å²) in [5, 5.41) is 10.6. The molecule has 152 valence electrons. The van der Waals surface area contributed by atoms with Crippen LogP contribution in [0.5, 0.6) is 5.75 Å². The van der Waals surface area contributed by atoms with Gasteiger partial charge in [0.15, 0.2) is 10.8 Å². The van der Waals surface area contributed by atoms with Gasteiger partial charge < -0.3 is 9.64 Å². The van der Waals surface area contributed by atoms with E-state index in [0.29, 0.717) is 10.9 Å². The summed E-state index contributed by atoms with van der Waals surface area (Å²) >= 11 is 1.43. The van der Waals surface area contributed by atoms with Crippen molar-refractivity contribution in [2.24, 2.45) is 0 Å². The number of anilines is 1. The maximum atomic E-state index is 13.1. The molecule has 1 aliphatic rings. The van der Waals surface area contributed by atoms with E-state index >= 15 is 0 Å². The topological polar surface area (TPSA) is 59.7 Å². The normalized spacial score (nSPS) is 13.6. The van der Waals surface area contributed by atoms with Crippen LogP contribution in [0.3, 0.4) is 0 Å². The number of hydrogen-bond donors (Lipinski definition) is 0. The molecular weight excluding hydrogens is 396 g/mol. The molecule has 0 N–H and O–H groups in total. The van der Waals surface area contributed by atoms with Crippen LogP contribution >= 0.6 is 11.8 Å². The molecule has 5 rings (SSSR count). The van der Waals surface area contributed by atoms with Crippen molar-refractivity contribution in [2.75, 3.05) is 24.3 Å². The Kier molecular flexibility index (Phi) is 4.83. The zero-order valence-corrected chi connectivity index (χ0v) is 17.8. The number of methoxy groups -OCH3 is 1. The zero-order valence-electron chi connectivity index (χ0n) is 17.0. The fraction of sp³-hybridized carbons (Fsp3) is 0.261. The maximum absolute atomic E-state index is 13.1. The van der Waals surface area contributed by atoms with Gasteiger partial charge in [-0.15, -0.1) is 10.2 Å². The molecule has 7 heteroatoms. The lowest BCUT2D eigenvalue weighted by molar-refractivity contribution is -0.116. The fourth-order valence-electron chi connectivity index (χ4n) is 4.10. The minimum absolute atomic E-state index is 0.0958. The summed E-state index contributed by atoms with van der Waals surface area (Å²) in [5.74, 6) is 1.19. The molecule has 0 saturated carbocycles. The third kappa shape index (κ3) is 3.19. The van der Waals surface area contributed by atoms with E-state index in [2.05, 4.69) is 22.3 Å². The zero-order chi connectivity index (χ0) is 20.7. The highest BCUT2D eigenvalue weighted by Crippen LogP contribution is 2.30. The van der Waals surface area contributed by atoms with E-state index < -0.39 is 0 Å². The number of hydrogen-bond acceptors (Lipinski definition) is 5. The molecule has 1 aliphatic heterocycles. The highest BCUT2D eigenvalue weighted by atomic mass is 32.2. The van der Waals surface area contributed by atoms with Crippen LogP contribution in [0.15, 0.2) is 53.7 Å². The molecule has 6 nitrogen and oxygen atoms in total. The predicted octanol–water partition coefficient (Wildman–Crippen LogP) is 4.27. The first-order valence-electron chi connectivity index (χ1n) is 9.99. The number of aryl methyl sites for hydroxylation is 2. The van der Waals surface area contributed by atoms with Gasteiger partial charge in [0.25, 0.3) is 0 Å². The largest absolute Gasteiger partial charge is 0.497 e. The molecule has 4 aromatic rings. The van der Waals surface area contributed by atoms with Crippen LogP contribution in [-0.4, -0.2) is 39.9 Å². The summed E-state index contributed by atoms with van der Waals surface area (Å²) in [6.07, 6.45) is 2.01. The van der Waals surface area contributed by atoms with Gasteiger partial charge in [0.1, 0.15) is 5.75 Å². The second kappa shape index (κ2) is 7.65. The van der Waals surface area contributed by atoms with Crippen LogP contribution in [0.1, 0.15) is 17.5 Å². The lowest BCUT2D eigenvalue weighted by atomic mass is 10.0. The number of nitrogens with zero attached hydrogens (tertiary/aromatic N) is 4. The second-order valence-corrected chi connectivity index (χ2v) is 8.40. The lowest BCUT2D eigenvalue weighted by Crippen LogP contribution is -2.36. The van der Waals surface area contributed by atoms with E-state index in [1.807, 2.05) is 52.6 Å². The molecule has 0 bridgehead atoms. The molecule has 2 aromatic heterocycles. The van der Waals surface area contributed by atoms with E-state index in [4.69, 9.17) is 4.74 Å². The van der Waals surface area contributed by atoms with E-state index in [-0.39, 0.29) is 5.91 Å². The first-order valence-corrected chi connectivity index (χ1v) is 11.0. The minimum Gasteiger partial charge on any atom is -0.497 e. The Morgan fingerprint density at radius 1 is 1.17 bits per heavy atom. The molecule has 0 unspecified atom stereocenters. The van der Waals surface area contributed by atoms with Gasteiger partial charge >= 0.3 is 0 Å². The molecule has 0 radical (unpaired) electrons. The summed E-state index contributed by atoms with van der Waals surface area (Å²) in [7, 11) is 1.66. The number of ether oxygens (including phenoxy) is 1. The number of fused-ring (bicyclic) bond motifs is 4. The van der Waals surface area contributed by atoms with E-state index in [1.54, 1.807) is 7.11 Å². The van der Waals surface area contributed by atoms with Crippen molar-refractivity contribution in [3.63, 3.8) is 0 Å². The number of pyridine rings is 1. The Labute approximate surface area is 178 Å². The quantitative estimate of drug-likeness (QED) is 0.463. The average molecular weight is 419 g/mol. The Balaban J connectivity index is 1.47. The molecule has 0 aliphatic carbocycles. The van der Waals surface area contributed by atoms with E-state index in [0.717, 1.165) is 52.9 Å². The van der Waals surface area contributed by atoms with Gasteiger partial charge in [-0.3, -0.25) is 9.20 Å². The van der Waals surface area contributed by atoms with Gasteiger partial charge in [-0.1, -0.05) is 30.0 Å². The number of rotatable bonds is 4. The summed E-state index contributed by atoms with van der Waals surface area (Å²) in [5.41, 5.74) is 5.09. The van der Waals surface area contributed by atoms with Crippen molar-refractivity contribution in [1.82, 2.24) is 14.6 Å². The molecule has 3 heterocycles. The van der Waals surface area contributed by atoms with Gasteiger partial charge in [-0.05, 0) is 60.5 Å². The van der Waals surface area contributed by atoms with Crippen LogP contribution in [0, 0.1) is 6.92 Å². The van der Waals surface area contributed by atoms with Crippen molar-refractivity contribution in [3.05, 3.63) is 59.7 Å². The van der Waals surface area contributed by atoms with Crippen LogP contribution in [0.2, 0.25) is 0 Å². The Bertz CT molecular complexity index is 1270. The van der Waals surface area contributed by atoms with Crippen molar-refractivity contribution in [3.8, 4) is 5.75 Å².